The summed E-state index contributed by atoms with van der Waals surface area (Å²) in [6, 6.07) is 7.70. The van der Waals surface area contributed by atoms with E-state index >= 15 is 0 Å². The molecule has 0 unspecified atom stereocenters. The van der Waals surface area contributed by atoms with Crippen LogP contribution in [0.25, 0.3) is 21.4 Å². The zero-order valence-electron chi connectivity index (χ0n) is 18.4. The molecule has 3 rings (SSSR count). The Balaban J connectivity index is 1.75. The van der Waals surface area contributed by atoms with Crippen molar-refractivity contribution in [3.63, 3.8) is 0 Å². The number of ether oxygens (including phenoxy) is 1. The second-order valence-corrected chi connectivity index (χ2v) is 7.73. The standard InChI is InChI=1S/C22H20F3N5O4S/c1-2-3-4-9-33-18-8-5-14(12-16(18)22(23,24)25)27-21(32)30(35)20(31)19-11-13-10-15(28-29-26)6-7-17(13)34-19/h5-8,10-12,35H,2-4,9H2,1H3,(H,27,32). The molecule has 35 heavy (non-hydrogen) atoms. The van der Waals surface area contributed by atoms with Crippen molar-refractivity contribution in [2.45, 2.75) is 32.4 Å². The average Bonchev–Trinajstić information content (AvgIpc) is 3.24. The van der Waals surface area contributed by atoms with E-state index in [1.165, 1.54) is 30.3 Å². The van der Waals surface area contributed by atoms with Gasteiger partial charge in [0.15, 0.2) is 5.76 Å². The SMILES string of the molecule is CCCCCOc1ccc(NC(=O)N(S)C(=O)c2cc3cc(N=[N+]=[N-])ccc3o2)cc1C(F)(F)F. The maximum Gasteiger partial charge on any atom is 0.420 e. The minimum Gasteiger partial charge on any atom is -0.493 e. The van der Waals surface area contributed by atoms with Crippen molar-refractivity contribution in [1.82, 2.24) is 4.31 Å². The molecule has 184 valence electrons. The predicted molar refractivity (Wildman–Crippen MR) is 126 cm³/mol. The van der Waals surface area contributed by atoms with Gasteiger partial charge in [0, 0.05) is 21.7 Å². The summed E-state index contributed by atoms with van der Waals surface area (Å²) in [4.78, 5) is 27.8. The number of thiol groups is 1. The Kier molecular flexibility index (Phi) is 8.15. The van der Waals surface area contributed by atoms with E-state index in [9.17, 15) is 22.8 Å². The molecule has 9 nitrogen and oxygen atoms in total. The molecule has 0 aliphatic carbocycles. The zero-order chi connectivity index (χ0) is 25.6. The average molecular weight is 507 g/mol. The molecule has 0 spiro atoms. The molecule has 0 saturated carbocycles. The van der Waals surface area contributed by atoms with Crippen molar-refractivity contribution in [1.29, 1.82) is 0 Å². The highest BCUT2D eigenvalue weighted by atomic mass is 32.1. The lowest BCUT2D eigenvalue weighted by Crippen LogP contribution is -2.32. The first-order valence-electron chi connectivity index (χ1n) is 10.4. The number of imide groups is 1. The number of nitrogens with zero attached hydrogens (tertiary/aromatic N) is 4. The monoisotopic (exact) mass is 507 g/mol. The topological polar surface area (TPSA) is 121 Å². The first-order chi connectivity index (χ1) is 16.6. The molecular weight excluding hydrogens is 487 g/mol. The quantitative estimate of drug-likeness (QED) is 0.108. The third-order valence-corrected chi connectivity index (χ3v) is 5.16. The summed E-state index contributed by atoms with van der Waals surface area (Å²) in [5, 5.41) is 6.09. The molecule has 3 aromatic rings. The summed E-state index contributed by atoms with van der Waals surface area (Å²) in [6.45, 7) is 2.09. The fourth-order valence-electron chi connectivity index (χ4n) is 3.11. The van der Waals surface area contributed by atoms with E-state index in [4.69, 9.17) is 14.7 Å². The molecule has 0 aliphatic heterocycles. The van der Waals surface area contributed by atoms with E-state index in [-0.39, 0.29) is 29.4 Å². The molecule has 1 heterocycles. The van der Waals surface area contributed by atoms with Crippen LogP contribution >= 0.6 is 12.8 Å². The maximum absolute atomic E-state index is 13.5. The Morgan fingerprint density at radius 3 is 2.66 bits per heavy atom. The van der Waals surface area contributed by atoms with E-state index in [0.29, 0.717) is 21.8 Å². The lowest BCUT2D eigenvalue weighted by Gasteiger charge is -2.17. The molecule has 3 amide bonds. The van der Waals surface area contributed by atoms with Crippen LogP contribution in [0.1, 0.15) is 42.3 Å². The van der Waals surface area contributed by atoms with Gasteiger partial charge in [0.1, 0.15) is 11.3 Å². The molecule has 0 saturated heterocycles. The van der Waals surface area contributed by atoms with Crippen molar-refractivity contribution in [3.05, 3.63) is 64.2 Å². The summed E-state index contributed by atoms with van der Waals surface area (Å²) < 4.78 is 51.6. The van der Waals surface area contributed by atoms with E-state index in [1.54, 1.807) is 0 Å². The van der Waals surface area contributed by atoms with Gasteiger partial charge >= 0.3 is 18.1 Å². The number of amides is 3. The summed E-state index contributed by atoms with van der Waals surface area (Å²) >= 11 is 3.86. The van der Waals surface area contributed by atoms with E-state index in [1.807, 2.05) is 6.92 Å². The molecule has 0 bridgehead atoms. The van der Waals surface area contributed by atoms with E-state index in [2.05, 4.69) is 28.2 Å². The highest BCUT2D eigenvalue weighted by Crippen LogP contribution is 2.38. The van der Waals surface area contributed by atoms with Crippen molar-refractivity contribution < 1.29 is 31.9 Å². The Morgan fingerprint density at radius 2 is 1.97 bits per heavy atom. The maximum atomic E-state index is 13.5. The minimum absolute atomic E-state index is 0.128. The number of rotatable bonds is 8. The number of hydrogen-bond donors (Lipinski definition) is 2. The largest absolute Gasteiger partial charge is 0.493 e. The van der Waals surface area contributed by atoms with Crippen LogP contribution in [0.3, 0.4) is 0 Å². The van der Waals surface area contributed by atoms with Gasteiger partial charge in [-0.15, -0.1) is 0 Å². The third-order valence-electron chi connectivity index (χ3n) is 4.80. The highest BCUT2D eigenvalue weighted by Gasteiger charge is 2.35. The Bertz CT molecular complexity index is 1290. The smallest absolute Gasteiger partial charge is 0.420 e. The van der Waals surface area contributed by atoms with Gasteiger partial charge in [0.05, 0.1) is 12.2 Å². The van der Waals surface area contributed by atoms with Crippen LogP contribution in [-0.2, 0) is 6.18 Å². The molecule has 2 aromatic carbocycles. The summed E-state index contributed by atoms with van der Waals surface area (Å²) in [5.74, 6) is -1.57. The van der Waals surface area contributed by atoms with Gasteiger partial charge < -0.3 is 14.5 Å². The number of fused-ring (bicyclic) bond motifs is 1. The van der Waals surface area contributed by atoms with Crippen LogP contribution in [0, 0.1) is 0 Å². The number of halogens is 3. The van der Waals surface area contributed by atoms with Crippen molar-refractivity contribution >= 4 is 47.1 Å². The van der Waals surface area contributed by atoms with Crippen LogP contribution in [0.5, 0.6) is 5.75 Å². The first-order valence-corrected chi connectivity index (χ1v) is 10.8. The number of azide groups is 1. The van der Waals surface area contributed by atoms with E-state index in [0.717, 1.165) is 25.0 Å². The van der Waals surface area contributed by atoms with Crippen molar-refractivity contribution in [2.75, 3.05) is 11.9 Å². The van der Waals surface area contributed by atoms with Crippen LogP contribution in [0.15, 0.2) is 52.0 Å². The van der Waals surface area contributed by atoms with Gasteiger partial charge in [-0.25, -0.2) is 9.10 Å². The first kappa shape index (κ1) is 25.8. The van der Waals surface area contributed by atoms with E-state index < -0.39 is 23.7 Å². The summed E-state index contributed by atoms with van der Waals surface area (Å²) in [6.07, 6.45) is -2.40. The van der Waals surface area contributed by atoms with Gasteiger partial charge in [-0.3, -0.25) is 4.79 Å². The zero-order valence-corrected chi connectivity index (χ0v) is 19.3. The number of nitrogens with one attached hydrogen (secondary N) is 1. The van der Waals surface area contributed by atoms with Crippen LogP contribution in [0.2, 0.25) is 0 Å². The number of benzene rings is 2. The Labute approximate surface area is 203 Å². The number of urea groups is 1. The fraction of sp³-hybridized carbons (Fsp3) is 0.273. The van der Waals surface area contributed by atoms with Crippen molar-refractivity contribution in [3.8, 4) is 5.75 Å². The lowest BCUT2D eigenvalue weighted by atomic mass is 10.1. The van der Waals surface area contributed by atoms with Gasteiger partial charge in [0.2, 0.25) is 0 Å². The lowest BCUT2D eigenvalue weighted by molar-refractivity contribution is -0.138. The molecule has 13 heteroatoms. The van der Waals surface area contributed by atoms with Gasteiger partial charge in [-0.2, -0.15) is 13.2 Å². The highest BCUT2D eigenvalue weighted by molar-refractivity contribution is 7.79. The van der Waals surface area contributed by atoms with Gasteiger partial charge in [0.25, 0.3) is 0 Å². The number of anilines is 1. The van der Waals surface area contributed by atoms with Crippen LogP contribution < -0.4 is 10.1 Å². The summed E-state index contributed by atoms with van der Waals surface area (Å²) in [7, 11) is 0. The van der Waals surface area contributed by atoms with Gasteiger partial charge in [-0.1, -0.05) is 37.7 Å². The second-order valence-electron chi connectivity index (χ2n) is 7.33. The molecule has 1 aromatic heterocycles. The number of carbonyl (C=O) groups is 2. The number of alkyl halides is 3. The third kappa shape index (κ3) is 6.40. The molecule has 0 aliphatic rings. The molecule has 1 N–H and O–H groups in total. The number of carbonyl (C=O) groups excluding carboxylic acids is 2. The number of unbranched alkanes of at least 4 members (excludes halogenated alkanes) is 2. The molecule has 0 radical (unpaired) electrons. The second kappa shape index (κ2) is 11.1. The van der Waals surface area contributed by atoms with Crippen LogP contribution in [0.4, 0.5) is 29.3 Å². The van der Waals surface area contributed by atoms with Crippen molar-refractivity contribution in [2.24, 2.45) is 5.11 Å². The number of hydrogen-bond acceptors (Lipinski definition) is 6. The van der Waals surface area contributed by atoms with Crippen LogP contribution in [-0.4, -0.2) is 22.9 Å². The fourth-order valence-corrected chi connectivity index (χ4v) is 3.26. The Hall–Kier alpha value is -3.83. The summed E-state index contributed by atoms with van der Waals surface area (Å²) in [5.41, 5.74) is 7.84. The number of furan rings is 1. The normalized spacial score (nSPS) is 11.1. The molecule has 0 atom stereocenters. The predicted octanol–water partition coefficient (Wildman–Crippen LogP) is 7.48. The Morgan fingerprint density at radius 1 is 1.20 bits per heavy atom. The minimum atomic E-state index is -4.72. The van der Waals surface area contributed by atoms with Gasteiger partial charge in [-0.05, 0) is 54.4 Å². The molecular formula is C22H20F3N5O4S. The molecule has 0 fully saturated rings.